The largest absolute Gasteiger partial charge is 0.355 e. The van der Waals surface area contributed by atoms with Gasteiger partial charge in [-0.25, -0.2) is 0 Å². The van der Waals surface area contributed by atoms with Crippen molar-refractivity contribution in [3.8, 4) is 0 Å². The summed E-state index contributed by atoms with van der Waals surface area (Å²) in [5.74, 6) is 0.0194. The Labute approximate surface area is 162 Å². The van der Waals surface area contributed by atoms with E-state index in [4.69, 9.17) is 11.6 Å². The van der Waals surface area contributed by atoms with Gasteiger partial charge >= 0.3 is 0 Å². The molecule has 1 heterocycles. The van der Waals surface area contributed by atoms with Crippen molar-refractivity contribution in [1.82, 2.24) is 10.2 Å². The summed E-state index contributed by atoms with van der Waals surface area (Å²) in [4.78, 5) is 27.0. The number of nitrogens with one attached hydrogen (secondary N) is 1. The fourth-order valence-electron chi connectivity index (χ4n) is 3.31. The molecule has 2 rings (SSSR count). The van der Waals surface area contributed by atoms with E-state index in [2.05, 4.69) is 19.2 Å². The first-order valence-corrected chi connectivity index (χ1v) is 9.71. The van der Waals surface area contributed by atoms with Gasteiger partial charge in [0, 0.05) is 35.5 Å². The molecule has 1 aliphatic rings. The third kappa shape index (κ3) is 5.23. The van der Waals surface area contributed by atoms with Crippen molar-refractivity contribution >= 4 is 23.4 Å². The van der Waals surface area contributed by atoms with E-state index in [9.17, 15) is 9.59 Å². The van der Waals surface area contributed by atoms with Gasteiger partial charge in [0.15, 0.2) is 0 Å². The minimum Gasteiger partial charge on any atom is -0.355 e. The number of hydrogen-bond donors (Lipinski definition) is 1. The molecule has 0 bridgehead atoms. The number of likely N-dealkylation sites (tertiary alicyclic amines) is 1. The summed E-state index contributed by atoms with van der Waals surface area (Å²) in [6, 6.07) is 7.75. The quantitative estimate of drug-likeness (QED) is 0.860. The number of hydrogen-bond acceptors (Lipinski definition) is 2. The number of amides is 2. The SMILES string of the molecule is CC(C)(C)C(=O)N1CCCC(C(=O)NCC(C)(C)c2cccc(Cl)c2)C1. The Balaban J connectivity index is 1.96. The molecule has 1 atom stereocenters. The van der Waals surface area contributed by atoms with E-state index < -0.39 is 5.41 Å². The number of benzene rings is 1. The molecule has 26 heavy (non-hydrogen) atoms. The predicted molar refractivity (Wildman–Crippen MR) is 106 cm³/mol. The minimum atomic E-state index is -0.410. The molecular weight excluding hydrogens is 348 g/mol. The highest BCUT2D eigenvalue weighted by molar-refractivity contribution is 6.30. The molecular formula is C21H31ClN2O2. The molecule has 144 valence electrons. The Bertz CT molecular complexity index is 664. The first kappa shape index (κ1) is 20.8. The van der Waals surface area contributed by atoms with Crippen molar-refractivity contribution in [2.24, 2.45) is 11.3 Å². The summed E-state index contributed by atoms with van der Waals surface area (Å²) >= 11 is 6.09. The third-order valence-electron chi connectivity index (χ3n) is 5.03. The van der Waals surface area contributed by atoms with Gasteiger partial charge in [-0.1, -0.05) is 58.4 Å². The van der Waals surface area contributed by atoms with Crippen molar-refractivity contribution in [1.29, 1.82) is 0 Å². The highest BCUT2D eigenvalue weighted by Crippen LogP contribution is 2.26. The summed E-state index contributed by atoms with van der Waals surface area (Å²) < 4.78 is 0. The van der Waals surface area contributed by atoms with Crippen LogP contribution >= 0.6 is 11.6 Å². The van der Waals surface area contributed by atoms with E-state index >= 15 is 0 Å². The molecule has 0 aliphatic carbocycles. The van der Waals surface area contributed by atoms with Crippen molar-refractivity contribution in [2.45, 2.75) is 52.9 Å². The molecule has 1 aliphatic heterocycles. The van der Waals surface area contributed by atoms with Gasteiger partial charge in [-0.3, -0.25) is 9.59 Å². The van der Waals surface area contributed by atoms with E-state index in [0.717, 1.165) is 24.9 Å². The molecule has 4 nitrogen and oxygen atoms in total. The molecule has 1 fully saturated rings. The van der Waals surface area contributed by atoms with Gasteiger partial charge in [0.05, 0.1) is 5.92 Å². The smallest absolute Gasteiger partial charge is 0.227 e. The molecule has 1 unspecified atom stereocenters. The molecule has 2 amide bonds. The second kappa shape index (κ2) is 7.99. The lowest BCUT2D eigenvalue weighted by Gasteiger charge is -2.36. The highest BCUT2D eigenvalue weighted by atomic mass is 35.5. The van der Waals surface area contributed by atoms with Crippen LogP contribution in [0.5, 0.6) is 0 Å². The molecule has 0 spiro atoms. The normalized spacial score (nSPS) is 18.5. The number of rotatable bonds is 4. The van der Waals surface area contributed by atoms with Crippen LogP contribution in [0.2, 0.25) is 5.02 Å². The first-order valence-electron chi connectivity index (χ1n) is 9.34. The van der Waals surface area contributed by atoms with Gasteiger partial charge in [-0.2, -0.15) is 0 Å². The summed E-state index contributed by atoms with van der Waals surface area (Å²) in [6.07, 6.45) is 1.70. The molecule has 0 radical (unpaired) electrons. The van der Waals surface area contributed by atoms with Crippen LogP contribution in [0.15, 0.2) is 24.3 Å². The Morgan fingerprint density at radius 1 is 1.23 bits per heavy atom. The molecule has 1 aromatic carbocycles. The van der Waals surface area contributed by atoms with E-state index in [1.54, 1.807) is 0 Å². The number of nitrogens with zero attached hydrogens (tertiary/aromatic N) is 1. The van der Waals surface area contributed by atoms with Crippen molar-refractivity contribution in [3.05, 3.63) is 34.9 Å². The average Bonchev–Trinajstić information content (AvgIpc) is 2.58. The van der Waals surface area contributed by atoms with Gasteiger partial charge in [0.2, 0.25) is 11.8 Å². The van der Waals surface area contributed by atoms with Crippen LogP contribution in [-0.2, 0) is 15.0 Å². The first-order chi connectivity index (χ1) is 12.0. The van der Waals surface area contributed by atoms with E-state index in [0.29, 0.717) is 18.1 Å². The lowest BCUT2D eigenvalue weighted by atomic mass is 9.84. The Hall–Kier alpha value is -1.55. The zero-order valence-electron chi connectivity index (χ0n) is 16.6. The van der Waals surface area contributed by atoms with Crippen LogP contribution in [0.25, 0.3) is 0 Å². The molecule has 0 saturated carbocycles. The lowest BCUT2D eigenvalue weighted by Crippen LogP contribution is -2.49. The van der Waals surface area contributed by atoms with E-state index in [1.807, 2.05) is 49.9 Å². The molecule has 5 heteroatoms. The molecule has 1 saturated heterocycles. The Morgan fingerprint density at radius 2 is 1.92 bits per heavy atom. The number of halogens is 1. The van der Waals surface area contributed by atoms with Crippen molar-refractivity contribution < 1.29 is 9.59 Å². The zero-order chi connectivity index (χ0) is 19.5. The second-order valence-corrected chi connectivity index (χ2v) is 9.39. The topological polar surface area (TPSA) is 49.4 Å². The third-order valence-corrected chi connectivity index (χ3v) is 5.27. The molecule has 1 aromatic rings. The van der Waals surface area contributed by atoms with Crippen LogP contribution in [-0.4, -0.2) is 36.3 Å². The van der Waals surface area contributed by atoms with Crippen LogP contribution < -0.4 is 5.32 Å². The lowest BCUT2D eigenvalue weighted by molar-refractivity contribution is -0.142. The van der Waals surface area contributed by atoms with Crippen LogP contribution in [0.3, 0.4) is 0 Å². The maximum absolute atomic E-state index is 12.7. The summed E-state index contributed by atoms with van der Waals surface area (Å²) in [5, 5.41) is 3.79. The summed E-state index contributed by atoms with van der Waals surface area (Å²) in [6.45, 7) is 11.7. The number of carbonyl (C=O) groups is 2. The second-order valence-electron chi connectivity index (χ2n) is 8.95. The summed E-state index contributed by atoms with van der Waals surface area (Å²) in [5.41, 5.74) is 0.474. The summed E-state index contributed by atoms with van der Waals surface area (Å²) in [7, 11) is 0. The fourth-order valence-corrected chi connectivity index (χ4v) is 3.50. The monoisotopic (exact) mass is 378 g/mol. The van der Waals surface area contributed by atoms with Gasteiger partial charge < -0.3 is 10.2 Å². The number of carbonyl (C=O) groups excluding carboxylic acids is 2. The molecule has 1 N–H and O–H groups in total. The Kier molecular flexibility index (Phi) is 6.38. The van der Waals surface area contributed by atoms with Crippen molar-refractivity contribution in [3.63, 3.8) is 0 Å². The Morgan fingerprint density at radius 3 is 2.54 bits per heavy atom. The predicted octanol–water partition coefficient (Wildman–Crippen LogP) is 4.02. The van der Waals surface area contributed by atoms with Crippen LogP contribution in [0, 0.1) is 11.3 Å². The van der Waals surface area contributed by atoms with Gasteiger partial charge in [0.25, 0.3) is 0 Å². The maximum atomic E-state index is 12.7. The van der Waals surface area contributed by atoms with Gasteiger partial charge in [-0.05, 0) is 30.5 Å². The zero-order valence-corrected chi connectivity index (χ0v) is 17.3. The minimum absolute atomic E-state index is 0.0338. The van der Waals surface area contributed by atoms with Crippen LogP contribution in [0.4, 0.5) is 0 Å². The fraction of sp³-hybridized carbons (Fsp3) is 0.619. The number of piperidine rings is 1. The van der Waals surface area contributed by atoms with E-state index in [1.165, 1.54) is 0 Å². The average molecular weight is 379 g/mol. The molecule has 0 aromatic heterocycles. The van der Waals surface area contributed by atoms with Gasteiger partial charge in [-0.15, -0.1) is 0 Å². The highest BCUT2D eigenvalue weighted by Gasteiger charge is 2.34. The van der Waals surface area contributed by atoms with E-state index in [-0.39, 0.29) is 23.1 Å². The standard InChI is InChI=1S/C21H31ClN2O2/c1-20(2,3)19(26)24-11-7-8-15(13-24)18(25)23-14-21(4,5)16-9-6-10-17(22)12-16/h6,9-10,12,15H,7-8,11,13-14H2,1-5H3,(H,23,25). The van der Waals surface area contributed by atoms with Crippen LogP contribution in [0.1, 0.15) is 53.0 Å². The maximum Gasteiger partial charge on any atom is 0.227 e. The van der Waals surface area contributed by atoms with Crippen molar-refractivity contribution in [2.75, 3.05) is 19.6 Å². The van der Waals surface area contributed by atoms with Gasteiger partial charge in [0.1, 0.15) is 0 Å².